The summed E-state index contributed by atoms with van der Waals surface area (Å²) in [4.78, 5) is 12.4. The van der Waals surface area contributed by atoms with Crippen molar-refractivity contribution in [2.75, 3.05) is 31.7 Å². The van der Waals surface area contributed by atoms with Gasteiger partial charge in [-0.3, -0.25) is 0 Å². The average molecular weight is 493 g/mol. The van der Waals surface area contributed by atoms with Gasteiger partial charge in [0.1, 0.15) is 7.14 Å². The maximum atomic E-state index is 13.7. The van der Waals surface area contributed by atoms with Crippen LogP contribution in [0.4, 0.5) is 19.1 Å². The van der Waals surface area contributed by atoms with E-state index in [0.717, 1.165) is 48.3 Å². The highest BCUT2D eigenvalue weighted by molar-refractivity contribution is 7.70. The van der Waals surface area contributed by atoms with Gasteiger partial charge in [-0.15, -0.1) is 11.3 Å². The molecule has 4 heterocycles. The first-order valence-corrected chi connectivity index (χ1v) is 14.1. The summed E-state index contributed by atoms with van der Waals surface area (Å²) in [5.74, 6) is 0.447. The minimum absolute atomic E-state index is 0.181. The number of anilines is 1. The van der Waals surface area contributed by atoms with Crippen LogP contribution in [-0.2, 0) is 10.7 Å². The predicted molar refractivity (Wildman–Crippen MR) is 128 cm³/mol. The second kappa shape index (κ2) is 8.11. The van der Waals surface area contributed by atoms with Gasteiger partial charge >= 0.3 is 6.18 Å². The molecule has 3 aromatic heterocycles. The Morgan fingerprint density at radius 2 is 2.06 bits per heavy atom. The third-order valence-corrected chi connectivity index (χ3v) is 8.29. The molecule has 3 N–H and O–H groups in total. The van der Waals surface area contributed by atoms with Crippen molar-refractivity contribution in [3.63, 3.8) is 0 Å². The monoisotopic (exact) mass is 493 g/mol. The van der Waals surface area contributed by atoms with Gasteiger partial charge in [0.15, 0.2) is 0 Å². The largest absolute Gasteiger partial charge is 0.416 e. The topological polar surface area (TPSA) is 82.7 Å². The summed E-state index contributed by atoms with van der Waals surface area (Å²) in [6.45, 7) is 4.73. The van der Waals surface area contributed by atoms with Crippen LogP contribution in [0.5, 0.6) is 0 Å². The molecule has 0 radical (unpaired) electrons. The Balaban J connectivity index is 1.71. The van der Waals surface area contributed by atoms with Crippen molar-refractivity contribution in [2.45, 2.75) is 25.1 Å². The Morgan fingerprint density at radius 3 is 2.76 bits per heavy atom. The summed E-state index contributed by atoms with van der Waals surface area (Å²) >= 11 is 1.44. The third kappa shape index (κ3) is 4.27. The molecule has 0 saturated carbocycles. The first-order valence-electron chi connectivity index (χ1n) is 10.6. The van der Waals surface area contributed by atoms with Crippen molar-refractivity contribution in [3.8, 4) is 11.3 Å². The predicted octanol–water partition coefficient (Wildman–Crippen LogP) is 5.27. The molecule has 1 aliphatic rings. The molecular weight excluding hydrogens is 470 g/mol. The number of hydrogen-bond donors (Lipinski definition) is 3. The van der Waals surface area contributed by atoms with Crippen LogP contribution in [0.1, 0.15) is 18.4 Å². The first-order chi connectivity index (χ1) is 15.6. The fraction of sp³-hybridized carbons (Fsp3) is 0.364. The lowest BCUT2D eigenvalue weighted by molar-refractivity contribution is -0.137. The van der Waals surface area contributed by atoms with Crippen LogP contribution in [0.15, 0.2) is 29.8 Å². The standard InChI is InChI=1S/C22H23F3N5OPS/c1-32(2,31)17-9-12(22(23,24)25)8-14-15(11-27-18(14)17)19-20-16(5-7-33-20)29-21(30-19)28-13-4-3-6-26-10-13/h5,7-9,11,13,26-27H,3-4,6,10H2,1-2H3,(H,28,29,30)/t13-/m0/s1. The summed E-state index contributed by atoms with van der Waals surface area (Å²) < 4.78 is 54.8. The average Bonchev–Trinajstić information content (AvgIpc) is 3.38. The summed E-state index contributed by atoms with van der Waals surface area (Å²) in [6, 6.07) is 4.16. The molecule has 1 atom stereocenters. The SMILES string of the molecule is CP(C)(=O)c1cc(C(F)(F)F)cc2c(-c3nc(N[C@H]4CCCNC4)nc4ccsc34)c[nH]c12. The lowest BCUT2D eigenvalue weighted by atomic mass is 10.1. The van der Waals surface area contributed by atoms with E-state index in [-0.39, 0.29) is 11.3 Å². The van der Waals surface area contributed by atoms with E-state index in [1.807, 2.05) is 11.4 Å². The van der Waals surface area contributed by atoms with Gasteiger partial charge in [0.05, 0.1) is 27.0 Å². The normalized spacial score (nSPS) is 17.7. The number of rotatable bonds is 4. The molecule has 174 valence electrons. The van der Waals surface area contributed by atoms with E-state index in [4.69, 9.17) is 4.98 Å². The van der Waals surface area contributed by atoms with E-state index in [0.29, 0.717) is 28.1 Å². The maximum Gasteiger partial charge on any atom is 0.416 e. The molecule has 4 aromatic rings. The van der Waals surface area contributed by atoms with Crippen LogP contribution in [0.25, 0.3) is 32.4 Å². The molecule has 0 bridgehead atoms. The van der Waals surface area contributed by atoms with Crippen LogP contribution in [-0.4, -0.2) is 47.4 Å². The number of thiophene rings is 1. The number of nitrogens with one attached hydrogen (secondary N) is 3. The quantitative estimate of drug-likeness (QED) is 0.338. The number of halogens is 3. The van der Waals surface area contributed by atoms with Crippen LogP contribution in [0, 0.1) is 0 Å². The molecule has 5 rings (SSSR count). The van der Waals surface area contributed by atoms with Gasteiger partial charge in [0, 0.05) is 35.0 Å². The van der Waals surface area contributed by atoms with Gasteiger partial charge in [-0.25, -0.2) is 9.97 Å². The highest BCUT2D eigenvalue weighted by atomic mass is 32.1. The number of aromatic amines is 1. The molecule has 0 amide bonds. The van der Waals surface area contributed by atoms with Gasteiger partial charge < -0.3 is 20.2 Å². The molecule has 6 nitrogen and oxygen atoms in total. The fourth-order valence-electron chi connectivity index (χ4n) is 4.27. The maximum absolute atomic E-state index is 13.7. The summed E-state index contributed by atoms with van der Waals surface area (Å²) in [5, 5.41) is 9.13. The Morgan fingerprint density at radius 1 is 1.24 bits per heavy atom. The minimum Gasteiger partial charge on any atom is -0.360 e. The van der Waals surface area contributed by atoms with Crippen molar-refractivity contribution >= 4 is 50.9 Å². The lowest BCUT2D eigenvalue weighted by Gasteiger charge is -2.24. The molecule has 1 aliphatic heterocycles. The number of piperidine rings is 1. The van der Waals surface area contributed by atoms with Crippen molar-refractivity contribution in [1.29, 1.82) is 0 Å². The zero-order chi connectivity index (χ0) is 23.4. The Hall–Kier alpha value is -2.42. The Labute approximate surface area is 192 Å². The highest BCUT2D eigenvalue weighted by Gasteiger charge is 2.34. The van der Waals surface area contributed by atoms with E-state index in [1.54, 1.807) is 6.20 Å². The second-order valence-corrected chi connectivity index (χ2v) is 12.8. The van der Waals surface area contributed by atoms with Crippen LogP contribution >= 0.6 is 18.5 Å². The van der Waals surface area contributed by atoms with E-state index in [1.165, 1.54) is 24.7 Å². The molecule has 33 heavy (non-hydrogen) atoms. The van der Waals surface area contributed by atoms with Crippen molar-refractivity contribution < 1.29 is 17.7 Å². The number of benzene rings is 1. The third-order valence-electron chi connectivity index (χ3n) is 5.86. The molecule has 0 spiro atoms. The molecule has 1 aromatic carbocycles. The van der Waals surface area contributed by atoms with Gasteiger partial charge in [0.25, 0.3) is 0 Å². The Bertz CT molecular complexity index is 1380. The molecular formula is C22H23F3N5OPS. The zero-order valence-corrected chi connectivity index (χ0v) is 19.8. The van der Waals surface area contributed by atoms with Crippen molar-refractivity contribution in [1.82, 2.24) is 20.3 Å². The van der Waals surface area contributed by atoms with Gasteiger partial charge in [0.2, 0.25) is 5.95 Å². The second-order valence-electron chi connectivity index (χ2n) is 8.69. The molecule has 11 heteroatoms. The highest BCUT2D eigenvalue weighted by Crippen LogP contribution is 2.43. The number of H-pyrrole nitrogens is 1. The van der Waals surface area contributed by atoms with E-state index in [9.17, 15) is 17.7 Å². The smallest absolute Gasteiger partial charge is 0.360 e. The molecule has 1 fully saturated rings. The number of alkyl halides is 3. The van der Waals surface area contributed by atoms with Gasteiger partial charge in [-0.05, 0) is 56.3 Å². The molecule has 0 aliphatic carbocycles. The molecule has 0 unspecified atom stereocenters. The van der Waals surface area contributed by atoms with Crippen LogP contribution in [0.3, 0.4) is 0 Å². The Kier molecular flexibility index (Phi) is 5.50. The zero-order valence-electron chi connectivity index (χ0n) is 18.1. The summed E-state index contributed by atoms with van der Waals surface area (Å²) in [6.07, 6.45) is -0.875. The first kappa shape index (κ1) is 22.4. The number of aromatic nitrogens is 3. The van der Waals surface area contributed by atoms with Gasteiger partial charge in [-0.2, -0.15) is 13.2 Å². The van der Waals surface area contributed by atoms with E-state index >= 15 is 0 Å². The fourth-order valence-corrected chi connectivity index (χ4v) is 6.27. The van der Waals surface area contributed by atoms with Crippen LogP contribution < -0.4 is 15.9 Å². The summed E-state index contributed by atoms with van der Waals surface area (Å²) in [5.41, 5.74) is 1.44. The van der Waals surface area contributed by atoms with Crippen molar-refractivity contribution in [2.24, 2.45) is 0 Å². The molecule has 1 saturated heterocycles. The van der Waals surface area contributed by atoms with Crippen LogP contribution in [0.2, 0.25) is 0 Å². The number of fused-ring (bicyclic) bond motifs is 2. The number of hydrogen-bond acceptors (Lipinski definition) is 6. The van der Waals surface area contributed by atoms with E-state index in [2.05, 4.69) is 20.6 Å². The lowest BCUT2D eigenvalue weighted by Crippen LogP contribution is -2.38. The van der Waals surface area contributed by atoms with Gasteiger partial charge in [-0.1, -0.05) is 0 Å². The number of nitrogens with zero attached hydrogens (tertiary/aromatic N) is 2. The van der Waals surface area contributed by atoms with Crippen molar-refractivity contribution in [3.05, 3.63) is 35.3 Å². The van der Waals surface area contributed by atoms with E-state index < -0.39 is 18.9 Å². The summed E-state index contributed by atoms with van der Waals surface area (Å²) in [7, 11) is -2.99. The minimum atomic E-state index is -4.56.